The fraction of sp³-hybridized carbons (Fsp3) is 0.333. The van der Waals surface area contributed by atoms with E-state index in [-0.39, 0.29) is 0 Å². The van der Waals surface area contributed by atoms with Gasteiger partial charge in [0.1, 0.15) is 11.5 Å². The first-order chi connectivity index (χ1) is 19.0. The molecule has 1 heterocycles. The van der Waals surface area contributed by atoms with E-state index < -0.39 is 0 Å². The molecule has 5 aromatic rings. The van der Waals surface area contributed by atoms with Crippen LogP contribution < -0.4 is 9.47 Å². The van der Waals surface area contributed by atoms with Crippen LogP contribution in [0.15, 0.2) is 84.9 Å². The number of aryl methyl sites for hydroxylation is 1. The van der Waals surface area contributed by atoms with E-state index in [9.17, 15) is 0 Å². The largest absolute Gasteiger partial charge is 0.496 e. The summed E-state index contributed by atoms with van der Waals surface area (Å²) in [6.45, 7) is 7.99. The number of aromatic nitrogens is 1. The monoisotopic (exact) mass is 519 g/mol. The molecule has 0 radical (unpaired) electrons. The van der Waals surface area contributed by atoms with E-state index in [0.29, 0.717) is 5.92 Å². The fourth-order valence-electron chi connectivity index (χ4n) is 5.78. The Bertz CT molecular complexity index is 1430. The van der Waals surface area contributed by atoms with Gasteiger partial charge in [0.05, 0.1) is 25.3 Å². The van der Waals surface area contributed by atoms with Gasteiger partial charge in [-0.25, -0.2) is 0 Å². The maximum absolute atomic E-state index is 5.96. The molecule has 0 fully saturated rings. The predicted molar refractivity (Wildman–Crippen MR) is 166 cm³/mol. The summed E-state index contributed by atoms with van der Waals surface area (Å²) in [7, 11) is 3.54. The molecule has 5 rings (SSSR count). The highest BCUT2D eigenvalue weighted by Crippen LogP contribution is 2.42. The van der Waals surface area contributed by atoms with Crippen LogP contribution in [0.4, 0.5) is 0 Å². The van der Waals surface area contributed by atoms with Gasteiger partial charge >= 0.3 is 0 Å². The minimum absolute atomic E-state index is 0.673. The maximum Gasteiger partial charge on any atom is 0.128 e. The van der Waals surface area contributed by atoms with Crippen LogP contribution in [0.3, 0.4) is 0 Å². The molecule has 4 aromatic carbocycles. The zero-order chi connectivity index (χ0) is 27.4. The third-order valence-electron chi connectivity index (χ3n) is 8.00. The van der Waals surface area contributed by atoms with Crippen molar-refractivity contribution >= 4 is 21.8 Å². The summed E-state index contributed by atoms with van der Waals surface area (Å²) in [5.41, 5.74) is 6.97. The minimum atomic E-state index is 0.673. The van der Waals surface area contributed by atoms with E-state index in [0.717, 1.165) is 52.6 Å². The summed E-state index contributed by atoms with van der Waals surface area (Å²) in [4.78, 5) is 0. The molecule has 202 valence electrons. The fourth-order valence-corrected chi connectivity index (χ4v) is 5.78. The van der Waals surface area contributed by atoms with Crippen molar-refractivity contribution in [3.05, 3.63) is 84.9 Å². The molecule has 0 aliphatic rings. The Balaban J connectivity index is 1.67. The Morgan fingerprint density at radius 1 is 0.615 bits per heavy atom. The smallest absolute Gasteiger partial charge is 0.128 e. The van der Waals surface area contributed by atoms with Crippen LogP contribution in [0.2, 0.25) is 0 Å². The third kappa shape index (κ3) is 5.68. The molecule has 39 heavy (non-hydrogen) atoms. The van der Waals surface area contributed by atoms with Gasteiger partial charge in [-0.3, -0.25) is 0 Å². The first-order valence-electron chi connectivity index (χ1n) is 14.3. The third-order valence-corrected chi connectivity index (χ3v) is 8.00. The molecular weight excluding hydrogens is 478 g/mol. The van der Waals surface area contributed by atoms with E-state index >= 15 is 0 Å². The lowest BCUT2D eigenvalue weighted by Gasteiger charge is -2.16. The molecule has 1 aromatic heterocycles. The zero-order valence-corrected chi connectivity index (χ0v) is 24.0. The van der Waals surface area contributed by atoms with E-state index in [2.05, 4.69) is 110 Å². The maximum atomic E-state index is 5.96. The van der Waals surface area contributed by atoms with Crippen molar-refractivity contribution in [2.75, 3.05) is 14.2 Å². The topological polar surface area (TPSA) is 23.4 Å². The molecule has 0 saturated carbocycles. The number of nitrogens with zero attached hydrogens (tertiary/aromatic N) is 1. The van der Waals surface area contributed by atoms with Crippen molar-refractivity contribution in [3.63, 3.8) is 0 Å². The van der Waals surface area contributed by atoms with Crippen LogP contribution in [0.5, 0.6) is 11.5 Å². The van der Waals surface area contributed by atoms with E-state index in [1.807, 2.05) is 0 Å². The van der Waals surface area contributed by atoms with Gasteiger partial charge in [0, 0.05) is 40.6 Å². The Hall–Kier alpha value is -3.72. The second kappa shape index (κ2) is 12.0. The molecule has 0 amide bonds. The number of ether oxygens (including phenoxy) is 2. The van der Waals surface area contributed by atoms with E-state index in [4.69, 9.17) is 9.47 Å². The number of rotatable bonds is 11. The highest BCUT2D eigenvalue weighted by atomic mass is 16.5. The predicted octanol–water partition coefficient (Wildman–Crippen LogP) is 10.00. The van der Waals surface area contributed by atoms with Crippen molar-refractivity contribution < 1.29 is 9.47 Å². The second-order valence-corrected chi connectivity index (χ2v) is 11.2. The number of benzene rings is 4. The number of hydrogen-bond acceptors (Lipinski definition) is 2. The van der Waals surface area contributed by atoms with Gasteiger partial charge in [-0.1, -0.05) is 101 Å². The Kier molecular flexibility index (Phi) is 8.26. The Morgan fingerprint density at radius 3 is 1.54 bits per heavy atom. The first kappa shape index (κ1) is 26.9. The Labute approximate surface area is 233 Å². The molecule has 3 nitrogen and oxygen atoms in total. The summed E-state index contributed by atoms with van der Waals surface area (Å²) in [6.07, 6.45) is 5.02. The molecule has 3 heteroatoms. The molecule has 0 spiro atoms. The summed E-state index contributed by atoms with van der Waals surface area (Å²) < 4.78 is 14.4. The van der Waals surface area contributed by atoms with Crippen LogP contribution in [0.1, 0.15) is 46.5 Å². The second-order valence-electron chi connectivity index (χ2n) is 11.2. The molecule has 1 unspecified atom stereocenters. The van der Waals surface area contributed by atoms with Gasteiger partial charge in [0.15, 0.2) is 0 Å². The molecule has 0 N–H and O–H groups in total. The molecule has 0 aliphatic carbocycles. The van der Waals surface area contributed by atoms with Gasteiger partial charge in [-0.15, -0.1) is 0 Å². The quantitative estimate of drug-likeness (QED) is 0.173. The number of methoxy groups -OCH3 is 2. The number of hydrogen-bond donors (Lipinski definition) is 0. The molecule has 1 atom stereocenters. The average molecular weight is 520 g/mol. The molecule has 0 bridgehead atoms. The summed E-state index contributed by atoms with van der Waals surface area (Å²) in [6, 6.07) is 30.2. The van der Waals surface area contributed by atoms with Crippen LogP contribution in [0.25, 0.3) is 44.1 Å². The van der Waals surface area contributed by atoms with Crippen LogP contribution >= 0.6 is 0 Å². The van der Waals surface area contributed by atoms with E-state index in [1.54, 1.807) is 14.2 Å². The van der Waals surface area contributed by atoms with Crippen molar-refractivity contribution in [1.82, 2.24) is 4.57 Å². The van der Waals surface area contributed by atoms with Gasteiger partial charge in [0.2, 0.25) is 0 Å². The molecule has 0 aliphatic heterocycles. The van der Waals surface area contributed by atoms with Crippen molar-refractivity contribution in [2.45, 2.75) is 53.0 Å². The van der Waals surface area contributed by atoms with Crippen LogP contribution in [-0.2, 0) is 6.54 Å². The standard InChI is InChI=1S/C36H41NO2/c1-25(2)13-12-14-26(3)19-20-37-33-23-35(38-4)29(27-15-8-6-9-16-27)21-31(33)32-22-30(28-17-10-7-11-18-28)36(39-5)24-34(32)37/h6-11,15-18,21-26H,12-14,19-20H2,1-5H3. The van der Waals surface area contributed by atoms with Crippen LogP contribution in [-0.4, -0.2) is 18.8 Å². The summed E-state index contributed by atoms with van der Waals surface area (Å²) in [5.74, 6) is 3.25. The molecular formula is C36H41NO2. The van der Waals surface area contributed by atoms with Crippen molar-refractivity contribution in [3.8, 4) is 33.8 Å². The normalized spacial score (nSPS) is 12.4. The number of fused-ring (bicyclic) bond motifs is 3. The lowest BCUT2D eigenvalue weighted by atomic mass is 9.97. The summed E-state index contributed by atoms with van der Waals surface area (Å²) >= 11 is 0. The van der Waals surface area contributed by atoms with Crippen molar-refractivity contribution in [1.29, 1.82) is 0 Å². The van der Waals surface area contributed by atoms with Crippen LogP contribution in [0, 0.1) is 11.8 Å². The molecule has 0 saturated heterocycles. The van der Waals surface area contributed by atoms with Gasteiger partial charge < -0.3 is 14.0 Å². The van der Waals surface area contributed by atoms with Gasteiger partial charge in [-0.05, 0) is 41.5 Å². The highest BCUT2D eigenvalue weighted by molar-refractivity contribution is 6.12. The Morgan fingerprint density at radius 2 is 1.10 bits per heavy atom. The highest BCUT2D eigenvalue weighted by Gasteiger charge is 2.19. The van der Waals surface area contributed by atoms with Gasteiger partial charge in [0.25, 0.3) is 0 Å². The van der Waals surface area contributed by atoms with E-state index in [1.165, 1.54) is 41.1 Å². The van der Waals surface area contributed by atoms with Crippen molar-refractivity contribution in [2.24, 2.45) is 11.8 Å². The van der Waals surface area contributed by atoms with Gasteiger partial charge in [-0.2, -0.15) is 0 Å². The zero-order valence-electron chi connectivity index (χ0n) is 24.0. The lowest BCUT2D eigenvalue weighted by molar-refractivity contribution is 0.413. The minimum Gasteiger partial charge on any atom is -0.496 e. The summed E-state index contributed by atoms with van der Waals surface area (Å²) in [5, 5.41) is 2.49. The SMILES string of the molecule is COc1cc2c(cc1-c1ccccc1)c1cc(-c3ccccc3)c(OC)cc1n2CCC(C)CCCC(C)C. The average Bonchev–Trinajstić information content (AvgIpc) is 3.26. The first-order valence-corrected chi connectivity index (χ1v) is 14.3. The lowest BCUT2D eigenvalue weighted by Crippen LogP contribution is -2.05.